The molecular weight excluding hydrogens is 377 g/mol. The first kappa shape index (κ1) is 20.0. The van der Waals surface area contributed by atoms with Crippen molar-refractivity contribution in [2.45, 2.75) is 39.7 Å². The number of ether oxygens (including phenoxy) is 1. The van der Waals surface area contributed by atoms with Crippen LogP contribution in [0.4, 0.5) is 0 Å². The van der Waals surface area contributed by atoms with Gasteiger partial charge in [-0.05, 0) is 51.8 Å². The molecule has 0 unspecified atom stereocenters. The SMILES string of the molecule is CCNC(=NCCc1cccc(OC)c1)NC(C)(C)C.I. The topological polar surface area (TPSA) is 45.7 Å². The van der Waals surface area contributed by atoms with Crippen LogP contribution in [0.3, 0.4) is 0 Å². The predicted molar refractivity (Wildman–Crippen MR) is 101 cm³/mol. The zero-order valence-electron chi connectivity index (χ0n) is 13.7. The van der Waals surface area contributed by atoms with Gasteiger partial charge in [0, 0.05) is 18.6 Å². The summed E-state index contributed by atoms with van der Waals surface area (Å²) in [5.74, 6) is 1.76. The Balaban J connectivity index is 0.00000400. The maximum absolute atomic E-state index is 5.23. The first-order chi connectivity index (χ1) is 9.44. The fraction of sp³-hybridized carbons (Fsp3) is 0.562. The van der Waals surface area contributed by atoms with Gasteiger partial charge in [0.15, 0.2) is 5.96 Å². The van der Waals surface area contributed by atoms with Gasteiger partial charge >= 0.3 is 0 Å². The van der Waals surface area contributed by atoms with Crippen molar-refractivity contribution in [3.05, 3.63) is 29.8 Å². The number of rotatable bonds is 5. The van der Waals surface area contributed by atoms with E-state index in [1.807, 2.05) is 12.1 Å². The molecule has 21 heavy (non-hydrogen) atoms. The van der Waals surface area contributed by atoms with Crippen molar-refractivity contribution in [2.75, 3.05) is 20.2 Å². The van der Waals surface area contributed by atoms with Gasteiger partial charge in [0.2, 0.25) is 0 Å². The molecule has 5 heteroatoms. The summed E-state index contributed by atoms with van der Waals surface area (Å²) < 4.78 is 5.23. The van der Waals surface area contributed by atoms with Crippen molar-refractivity contribution in [3.63, 3.8) is 0 Å². The zero-order chi connectivity index (χ0) is 15.0. The quantitative estimate of drug-likeness (QED) is 0.449. The van der Waals surface area contributed by atoms with Crippen molar-refractivity contribution >= 4 is 29.9 Å². The van der Waals surface area contributed by atoms with Crippen LogP contribution in [0.1, 0.15) is 33.3 Å². The Hall–Kier alpha value is -0.980. The van der Waals surface area contributed by atoms with E-state index in [1.54, 1.807) is 7.11 Å². The standard InChI is InChI=1S/C16H27N3O.HI/c1-6-17-15(19-16(2,3)4)18-11-10-13-8-7-9-14(12-13)20-5;/h7-9,12H,6,10-11H2,1-5H3,(H2,17,18,19);1H. The minimum Gasteiger partial charge on any atom is -0.497 e. The van der Waals surface area contributed by atoms with Crippen LogP contribution >= 0.6 is 24.0 Å². The van der Waals surface area contributed by atoms with E-state index in [2.05, 4.69) is 55.5 Å². The summed E-state index contributed by atoms with van der Waals surface area (Å²) in [4.78, 5) is 4.60. The van der Waals surface area contributed by atoms with Crippen LogP contribution in [0.15, 0.2) is 29.3 Å². The molecule has 0 aliphatic rings. The van der Waals surface area contributed by atoms with E-state index >= 15 is 0 Å². The molecule has 0 saturated heterocycles. The lowest BCUT2D eigenvalue weighted by Crippen LogP contribution is -2.47. The molecule has 4 nitrogen and oxygen atoms in total. The number of guanidine groups is 1. The maximum atomic E-state index is 5.23. The number of benzene rings is 1. The highest BCUT2D eigenvalue weighted by atomic mass is 127. The third kappa shape index (κ3) is 8.80. The number of methoxy groups -OCH3 is 1. The first-order valence-electron chi connectivity index (χ1n) is 7.14. The molecule has 120 valence electrons. The van der Waals surface area contributed by atoms with E-state index in [9.17, 15) is 0 Å². The minimum absolute atomic E-state index is 0. The highest BCUT2D eigenvalue weighted by Gasteiger charge is 2.11. The fourth-order valence-electron chi connectivity index (χ4n) is 1.79. The molecular formula is C16H28IN3O. The predicted octanol–water partition coefficient (Wildman–Crippen LogP) is 3.21. The number of hydrogen-bond donors (Lipinski definition) is 2. The molecule has 0 aliphatic carbocycles. The van der Waals surface area contributed by atoms with E-state index in [0.717, 1.165) is 31.2 Å². The molecule has 0 fully saturated rings. The van der Waals surface area contributed by atoms with Gasteiger partial charge in [-0.1, -0.05) is 12.1 Å². The second kappa shape index (κ2) is 9.87. The Morgan fingerprint density at radius 2 is 2.00 bits per heavy atom. The summed E-state index contributed by atoms with van der Waals surface area (Å²) in [6.07, 6.45) is 0.901. The normalized spacial score (nSPS) is 11.6. The highest BCUT2D eigenvalue weighted by molar-refractivity contribution is 14.0. The van der Waals surface area contributed by atoms with Crippen LogP contribution in [-0.2, 0) is 6.42 Å². The number of nitrogens with zero attached hydrogens (tertiary/aromatic N) is 1. The lowest BCUT2D eigenvalue weighted by atomic mass is 10.1. The molecule has 2 N–H and O–H groups in total. The second-order valence-electron chi connectivity index (χ2n) is 5.74. The average Bonchev–Trinajstić information content (AvgIpc) is 2.37. The molecule has 1 aromatic carbocycles. The van der Waals surface area contributed by atoms with Gasteiger partial charge in [0.05, 0.1) is 7.11 Å². The Labute approximate surface area is 145 Å². The van der Waals surface area contributed by atoms with Crippen molar-refractivity contribution in [3.8, 4) is 5.75 Å². The largest absolute Gasteiger partial charge is 0.497 e. The Morgan fingerprint density at radius 1 is 1.29 bits per heavy atom. The van der Waals surface area contributed by atoms with Gasteiger partial charge in [-0.3, -0.25) is 4.99 Å². The fourth-order valence-corrected chi connectivity index (χ4v) is 1.79. The summed E-state index contributed by atoms with van der Waals surface area (Å²) in [7, 11) is 1.69. The number of aliphatic imine (C=N–C) groups is 1. The maximum Gasteiger partial charge on any atom is 0.191 e. The van der Waals surface area contributed by atoms with Crippen LogP contribution in [0.2, 0.25) is 0 Å². The molecule has 1 aromatic rings. The highest BCUT2D eigenvalue weighted by Crippen LogP contribution is 2.12. The van der Waals surface area contributed by atoms with E-state index in [1.165, 1.54) is 5.56 Å². The second-order valence-corrected chi connectivity index (χ2v) is 5.74. The molecule has 0 amide bonds. The molecule has 1 rings (SSSR count). The molecule has 0 aromatic heterocycles. The lowest BCUT2D eigenvalue weighted by Gasteiger charge is -2.23. The van der Waals surface area contributed by atoms with Crippen LogP contribution in [0, 0.1) is 0 Å². The Morgan fingerprint density at radius 3 is 2.57 bits per heavy atom. The molecule has 0 bridgehead atoms. The summed E-state index contributed by atoms with van der Waals surface area (Å²) >= 11 is 0. The Kier molecular flexibility index (Phi) is 9.41. The third-order valence-electron chi connectivity index (χ3n) is 2.64. The molecule has 0 spiro atoms. The lowest BCUT2D eigenvalue weighted by molar-refractivity contribution is 0.414. The van der Waals surface area contributed by atoms with E-state index in [4.69, 9.17) is 4.74 Å². The van der Waals surface area contributed by atoms with Crippen LogP contribution in [0.25, 0.3) is 0 Å². The Bertz CT molecular complexity index is 441. The smallest absolute Gasteiger partial charge is 0.191 e. The summed E-state index contributed by atoms with van der Waals surface area (Å²) in [5.41, 5.74) is 1.25. The van der Waals surface area contributed by atoms with Crippen molar-refractivity contribution in [1.82, 2.24) is 10.6 Å². The van der Waals surface area contributed by atoms with Crippen molar-refractivity contribution in [2.24, 2.45) is 4.99 Å². The minimum atomic E-state index is 0. The van der Waals surface area contributed by atoms with Crippen LogP contribution in [-0.4, -0.2) is 31.7 Å². The van der Waals surface area contributed by atoms with Crippen LogP contribution in [0.5, 0.6) is 5.75 Å². The molecule has 0 aliphatic heterocycles. The molecule has 0 radical (unpaired) electrons. The molecule has 0 atom stereocenters. The van der Waals surface area contributed by atoms with Gasteiger partial charge < -0.3 is 15.4 Å². The van der Waals surface area contributed by atoms with E-state index in [0.29, 0.717) is 0 Å². The first-order valence-corrected chi connectivity index (χ1v) is 7.14. The monoisotopic (exact) mass is 405 g/mol. The van der Waals surface area contributed by atoms with Gasteiger partial charge in [-0.25, -0.2) is 0 Å². The van der Waals surface area contributed by atoms with Gasteiger partial charge in [-0.15, -0.1) is 24.0 Å². The van der Waals surface area contributed by atoms with Gasteiger partial charge in [-0.2, -0.15) is 0 Å². The summed E-state index contributed by atoms with van der Waals surface area (Å²) in [6.45, 7) is 10.1. The zero-order valence-corrected chi connectivity index (χ0v) is 16.0. The van der Waals surface area contributed by atoms with Crippen LogP contribution < -0.4 is 15.4 Å². The van der Waals surface area contributed by atoms with Crippen molar-refractivity contribution in [1.29, 1.82) is 0 Å². The average molecular weight is 405 g/mol. The number of nitrogens with one attached hydrogen (secondary N) is 2. The van der Waals surface area contributed by atoms with E-state index < -0.39 is 0 Å². The third-order valence-corrected chi connectivity index (χ3v) is 2.64. The number of hydrogen-bond acceptors (Lipinski definition) is 2. The van der Waals surface area contributed by atoms with E-state index in [-0.39, 0.29) is 29.5 Å². The van der Waals surface area contributed by atoms with Crippen molar-refractivity contribution < 1.29 is 4.74 Å². The molecule has 0 saturated carbocycles. The summed E-state index contributed by atoms with van der Waals surface area (Å²) in [6, 6.07) is 8.12. The number of halogens is 1. The summed E-state index contributed by atoms with van der Waals surface area (Å²) in [5, 5.41) is 6.64. The molecule has 0 heterocycles. The van der Waals surface area contributed by atoms with Gasteiger partial charge in [0.1, 0.15) is 5.75 Å². The van der Waals surface area contributed by atoms with Gasteiger partial charge in [0.25, 0.3) is 0 Å².